The molecule has 23 heavy (non-hydrogen) atoms. The van der Waals surface area contributed by atoms with Gasteiger partial charge < -0.3 is 4.90 Å². The number of halogens is 1. The minimum absolute atomic E-state index is 0.259. The van der Waals surface area contributed by atoms with E-state index in [1.807, 2.05) is 12.1 Å². The summed E-state index contributed by atoms with van der Waals surface area (Å²) in [5.74, 6) is 0.0367. The van der Waals surface area contributed by atoms with Gasteiger partial charge in [-0.25, -0.2) is 4.39 Å². The van der Waals surface area contributed by atoms with Crippen LogP contribution in [0, 0.1) is 17.1 Å². The Hall–Kier alpha value is -2.34. The fourth-order valence-corrected chi connectivity index (χ4v) is 3.30. The van der Waals surface area contributed by atoms with Crippen LogP contribution in [-0.2, 0) is 0 Å². The summed E-state index contributed by atoms with van der Waals surface area (Å²) in [4.78, 5) is 2.23. The topological polar surface area (TPSA) is 27.0 Å². The molecule has 1 unspecified atom stereocenters. The van der Waals surface area contributed by atoms with Crippen LogP contribution in [0.4, 0.5) is 10.1 Å². The van der Waals surface area contributed by atoms with Crippen LogP contribution in [0.3, 0.4) is 0 Å². The summed E-state index contributed by atoms with van der Waals surface area (Å²) in [5, 5.41) is 9.06. The SMILES string of the molecule is CC(C#N)c1cc(F)cc(N2CCC(c3ccccc3)CC2)c1. The predicted molar refractivity (Wildman–Crippen MR) is 91.1 cm³/mol. The molecule has 1 atom stereocenters. The van der Waals surface area contributed by atoms with E-state index in [1.165, 1.54) is 11.6 Å². The van der Waals surface area contributed by atoms with E-state index in [2.05, 4.69) is 35.2 Å². The molecule has 3 rings (SSSR count). The summed E-state index contributed by atoms with van der Waals surface area (Å²) < 4.78 is 13.9. The van der Waals surface area contributed by atoms with Gasteiger partial charge in [0.1, 0.15) is 5.82 Å². The molecule has 1 aliphatic heterocycles. The normalized spacial score (nSPS) is 16.8. The Bertz CT molecular complexity index is 697. The van der Waals surface area contributed by atoms with Crippen LogP contribution in [0.5, 0.6) is 0 Å². The van der Waals surface area contributed by atoms with Crippen molar-refractivity contribution >= 4 is 5.69 Å². The van der Waals surface area contributed by atoms with Crippen molar-refractivity contribution in [1.82, 2.24) is 0 Å². The second-order valence-corrected chi connectivity index (χ2v) is 6.27. The first-order valence-corrected chi connectivity index (χ1v) is 8.17. The van der Waals surface area contributed by atoms with E-state index in [4.69, 9.17) is 5.26 Å². The minimum atomic E-state index is -0.286. The maximum atomic E-state index is 13.9. The number of benzene rings is 2. The van der Waals surface area contributed by atoms with E-state index in [9.17, 15) is 4.39 Å². The lowest BCUT2D eigenvalue weighted by molar-refractivity contribution is 0.504. The third-order valence-corrected chi connectivity index (χ3v) is 4.73. The van der Waals surface area contributed by atoms with E-state index in [0.717, 1.165) is 37.2 Å². The molecule has 2 aromatic rings. The first-order valence-electron chi connectivity index (χ1n) is 8.17. The van der Waals surface area contributed by atoms with Gasteiger partial charge in [-0.3, -0.25) is 0 Å². The molecule has 0 amide bonds. The second kappa shape index (κ2) is 6.83. The van der Waals surface area contributed by atoms with Gasteiger partial charge in [-0.05, 0) is 55.0 Å². The number of hydrogen-bond donors (Lipinski definition) is 0. The summed E-state index contributed by atoms with van der Waals surface area (Å²) in [6.45, 7) is 3.65. The van der Waals surface area contributed by atoms with E-state index >= 15 is 0 Å². The molecule has 0 spiro atoms. The summed E-state index contributed by atoms with van der Waals surface area (Å²) >= 11 is 0. The number of piperidine rings is 1. The molecule has 1 saturated heterocycles. The number of anilines is 1. The highest BCUT2D eigenvalue weighted by atomic mass is 19.1. The Morgan fingerprint density at radius 3 is 2.48 bits per heavy atom. The molecule has 0 bridgehead atoms. The number of hydrogen-bond acceptors (Lipinski definition) is 2. The molecule has 0 saturated carbocycles. The average Bonchev–Trinajstić information content (AvgIpc) is 2.61. The third kappa shape index (κ3) is 3.53. The molecular formula is C20H21FN2. The maximum Gasteiger partial charge on any atom is 0.125 e. The lowest BCUT2D eigenvalue weighted by Crippen LogP contribution is -2.33. The lowest BCUT2D eigenvalue weighted by Gasteiger charge is -2.34. The molecule has 118 valence electrons. The molecule has 1 heterocycles. The van der Waals surface area contributed by atoms with Gasteiger partial charge in [0.2, 0.25) is 0 Å². The van der Waals surface area contributed by atoms with E-state index < -0.39 is 0 Å². The summed E-state index contributed by atoms with van der Waals surface area (Å²) in [6, 6.07) is 17.8. The molecule has 0 aromatic heterocycles. The maximum absolute atomic E-state index is 13.9. The Labute approximate surface area is 137 Å². The van der Waals surface area contributed by atoms with Crippen LogP contribution in [0.2, 0.25) is 0 Å². The smallest absolute Gasteiger partial charge is 0.125 e. The monoisotopic (exact) mass is 308 g/mol. The Kier molecular flexibility index (Phi) is 4.62. The first-order chi connectivity index (χ1) is 11.2. The van der Waals surface area contributed by atoms with E-state index in [0.29, 0.717) is 5.92 Å². The largest absolute Gasteiger partial charge is 0.371 e. The summed E-state index contributed by atoms with van der Waals surface area (Å²) in [5.41, 5.74) is 3.05. The number of nitrogens with zero attached hydrogens (tertiary/aromatic N) is 2. The van der Waals surface area contributed by atoms with Crippen molar-refractivity contribution in [1.29, 1.82) is 5.26 Å². The van der Waals surface area contributed by atoms with Gasteiger partial charge in [0.25, 0.3) is 0 Å². The summed E-state index contributed by atoms with van der Waals surface area (Å²) in [7, 11) is 0. The van der Waals surface area contributed by atoms with Crippen LogP contribution in [0.1, 0.15) is 42.7 Å². The zero-order valence-electron chi connectivity index (χ0n) is 13.4. The van der Waals surface area contributed by atoms with Crippen molar-refractivity contribution < 1.29 is 4.39 Å². The predicted octanol–water partition coefficient (Wildman–Crippen LogP) is 4.84. The van der Waals surface area contributed by atoms with Gasteiger partial charge in [-0.2, -0.15) is 5.26 Å². The van der Waals surface area contributed by atoms with Gasteiger partial charge in [0, 0.05) is 18.8 Å². The zero-order chi connectivity index (χ0) is 16.2. The van der Waals surface area contributed by atoms with Gasteiger partial charge >= 0.3 is 0 Å². The van der Waals surface area contributed by atoms with Crippen LogP contribution in [0.25, 0.3) is 0 Å². The fourth-order valence-electron chi connectivity index (χ4n) is 3.30. The van der Waals surface area contributed by atoms with E-state index in [1.54, 1.807) is 13.0 Å². The fraction of sp³-hybridized carbons (Fsp3) is 0.350. The summed E-state index contributed by atoms with van der Waals surface area (Å²) in [6.07, 6.45) is 2.15. The Morgan fingerprint density at radius 1 is 1.13 bits per heavy atom. The number of nitriles is 1. The van der Waals surface area contributed by atoms with Crippen molar-refractivity contribution in [3.05, 3.63) is 65.5 Å². The quantitative estimate of drug-likeness (QED) is 0.811. The molecule has 2 nitrogen and oxygen atoms in total. The Morgan fingerprint density at radius 2 is 1.83 bits per heavy atom. The van der Waals surface area contributed by atoms with Crippen molar-refractivity contribution in [2.24, 2.45) is 0 Å². The van der Waals surface area contributed by atoms with Gasteiger partial charge in [-0.15, -0.1) is 0 Å². The highest BCUT2D eigenvalue weighted by Crippen LogP contribution is 2.31. The molecule has 2 aromatic carbocycles. The van der Waals surface area contributed by atoms with E-state index in [-0.39, 0.29) is 11.7 Å². The van der Waals surface area contributed by atoms with Crippen molar-refractivity contribution in [2.75, 3.05) is 18.0 Å². The molecule has 0 N–H and O–H groups in total. The minimum Gasteiger partial charge on any atom is -0.371 e. The molecule has 0 radical (unpaired) electrons. The molecule has 0 aliphatic carbocycles. The zero-order valence-corrected chi connectivity index (χ0v) is 13.4. The van der Waals surface area contributed by atoms with Crippen LogP contribution < -0.4 is 4.90 Å². The lowest BCUT2D eigenvalue weighted by atomic mass is 9.89. The molecular weight excluding hydrogens is 287 g/mol. The Balaban J connectivity index is 1.73. The van der Waals surface area contributed by atoms with Crippen molar-refractivity contribution in [2.45, 2.75) is 31.6 Å². The van der Waals surface area contributed by atoms with Crippen LogP contribution in [0.15, 0.2) is 48.5 Å². The highest BCUT2D eigenvalue weighted by Gasteiger charge is 2.21. The molecule has 1 fully saturated rings. The molecule has 3 heteroatoms. The average molecular weight is 308 g/mol. The molecule has 1 aliphatic rings. The standard InChI is InChI=1S/C20H21FN2/c1-15(14-22)18-11-19(21)13-20(12-18)23-9-7-17(8-10-23)16-5-3-2-4-6-16/h2-6,11-13,15,17H,7-10H2,1H3. The number of rotatable bonds is 3. The van der Waals surface area contributed by atoms with Gasteiger partial charge in [0.15, 0.2) is 0 Å². The van der Waals surface area contributed by atoms with Crippen LogP contribution in [-0.4, -0.2) is 13.1 Å². The highest BCUT2D eigenvalue weighted by molar-refractivity contribution is 5.51. The van der Waals surface area contributed by atoms with Crippen molar-refractivity contribution in [3.63, 3.8) is 0 Å². The van der Waals surface area contributed by atoms with Gasteiger partial charge in [-0.1, -0.05) is 30.3 Å². The second-order valence-electron chi connectivity index (χ2n) is 6.27. The van der Waals surface area contributed by atoms with Crippen LogP contribution >= 0.6 is 0 Å². The first kappa shape index (κ1) is 15.6. The van der Waals surface area contributed by atoms with Crippen molar-refractivity contribution in [3.8, 4) is 6.07 Å². The van der Waals surface area contributed by atoms with Gasteiger partial charge in [0.05, 0.1) is 12.0 Å². The third-order valence-electron chi connectivity index (χ3n) is 4.73.